The third-order valence-corrected chi connectivity index (χ3v) is 9.52. The highest BCUT2D eigenvalue weighted by Crippen LogP contribution is 2.40. The summed E-state index contributed by atoms with van der Waals surface area (Å²) >= 11 is 0. The molecule has 0 spiro atoms. The van der Waals surface area contributed by atoms with Crippen molar-refractivity contribution in [3.63, 3.8) is 0 Å². The number of hydrogen-bond acceptors (Lipinski definition) is 7. The molecule has 9 nitrogen and oxygen atoms in total. The molecule has 2 atom stereocenters. The molecule has 1 aliphatic carbocycles. The molecule has 10 heteroatoms. The normalized spacial score (nSPS) is 17.7. The van der Waals surface area contributed by atoms with Crippen molar-refractivity contribution in [3.05, 3.63) is 95.3 Å². The topological polar surface area (TPSA) is 106 Å². The van der Waals surface area contributed by atoms with E-state index in [4.69, 9.17) is 14.2 Å². The van der Waals surface area contributed by atoms with Crippen LogP contribution in [0.4, 0.5) is 0 Å². The Bertz CT molecular complexity index is 1570. The zero-order chi connectivity index (χ0) is 29.9. The van der Waals surface area contributed by atoms with Gasteiger partial charge in [-0.05, 0) is 64.6 Å². The monoisotopic (exact) mass is 592 g/mol. The van der Waals surface area contributed by atoms with Crippen molar-refractivity contribution in [2.75, 3.05) is 47.5 Å². The molecule has 0 aromatic heterocycles. The summed E-state index contributed by atoms with van der Waals surface area (Å²) in [6.45, 7) is -0.426. The number of aliphatic hydroxyl groups excluding tert-OH is 1. The summed E-state index contributed by atoms with van der Waals surface area (Å²) in [7, 11) is 0.947. The van der Waals surface area contributed by atoms with Gasteiger partial charge in [0, 0.05) is 39.5 Å². The number of hydrogen-bond donors (Lipinski definition) is 1. The molecule has 5 rings (SSSR count). The van der Waals surface area contributed by atoms with Gasteiger partial charge in [0.25, 0.3) is 5.91 Å². The largest absolute Gasteiger partial charge is 0.497 e. The molecule has 2 aliphatic rings. The van der Waals surface area contributed by atoms with E-state index in [1.165, 1.54) is 50.7 Å². The summed E-state index contributed by atoms with van der Waals surface area (Å²) in [5, 5.41) is 9.57. The van der Waals surface area contributed by atoms with Gasteiger partial charge in [-0.25, -0.2) is 8.42 Å². The summed E-state index contributed by atoms with van der Waals surface area (Å²) in [6.07, 6.45) is 2.40. The van der Waals surface area contributed by atoms with Crippen molar-refractivity contribution in [3.8, 4) is 16.9 Å². The second kappa shape index (κ2) is 12.7. The predicted octanol–water partition coefficient (Wildman–Crippen LogP) is 3.77. The molecule has 1 aliphatic heterocycles. The Morgan fingerprint density at radius 1 is 1.00 bits per heavy atom. The van der Waals surface area contributed by atoms with Crippen LogP contribution in [0.3, 0.4) is 0 Å². The quantitative estimate of drug-likeness (QED) is 0.283. The Morgan fingerprint density at radius 2 is 1.74 bits per heavy atom. The Morgan fingerprint density at radius 3 is 2.45 bits per heavy atom. The maximum absolute atomic E-state index is 13.3. The van der Waals surface area contributed by atoms with Crippen LogP contribution in [-0.2, 0) is 30.7 Å². The highest BCUT2D eigenvalue weighted by molar-refractivity contribution is 7.89. The zero-order valence-electron chi connectivity index (χ0n) is 24.0. The van der Waals surface area contributed by atoms with Crippen LogP contribution in [-0.4, -0.2) is 82.4 Å². The Labute approximate surface area is 247 Å². The maximum Gasteiger partial charge on any atom is 0.288 e. The predicted molar refractivity (Wildman–Crippen MR) is 158 cm³/mol. The average Bonchev–Trinajstić information content (AvgIpc) is 3.38. The second-order valence-electron chi connectivity index (χ2n) is 10.5. The average molecular weight is 593 g/mol. The van der Waals surface area contributed by atoms with Crippen molar-refractivity contribution in [1.29, 1.82) is 0 Å². The van der Waals surface area contributed by atoms with Gasteiger partial charge in [0.1, 0.15) is 5.75 Å². The first-order chi connectivity index (χ1) is 20.2. The Kier molecular flexibility index (Phi) is 8.98. The van der Waals surface area contributed by atoms with Gasteiger partial charge in [0.05, 0.1) is 25.2 Å². The van der Waals surface area contributed by atoms with Crippen LogP contribution in [0.15, 0.2) is 83.5 Å². The number of methoxy groups -OCH3 is 1. The number of carbonyl (C=O) groups excluding carboxylic acids is 1. The molecular formula is C32H36N2O7S. The molecule has 0 bridgehead atoms. The van der Waals surface area contributed by atoms with Crippen LogP contribution in [0, 0.1) is 0 Å². The highest BCUT2D eigenvalue weighted by atomic mass is 32.2. The number of allylic oxidation sites excluding steroid dienone is 1. The number of fused-ring (bicyclic) bond motifs is 3. The summed E-state index contributed by atoms with van der Waals surface area (Å²) in [5.74, 6) is 0.334. The molecule has 0 fully saturated rings. The van der Waals surface area contributed by atoms with Crippen LogP contribution in [0.2, 0.25) is 0 Å². The minimum absolute atomic E-state index is 0.00275. The van der Waals surface area contributed by atoms with Gasteiger partial charge in [-0.1, -0.05) is 42.5 Å². The summed E-state index contributed by atoms with van der Waals surface area (Å²) < 4.78 is 44.8. The molecule has 222 valence electrons. The smallest absolute Gasteiger partial charge is 0.288 e. The highest BCUT2D eigenvalue weighted by Gasteiger charge is 2.31. The molecule has 1 N–H and O–H groups in total. The van der Waals surface area contributed by atoms with Crippen LogP contribution < -0.4 is 4.74 Å². The number of sulfonamides is 1. The fourth-order valence-electron chi connectivity index (χ4n) is 5.41. The molecule has 42 heavy (non-hydrogen) atoms. The number of ether oxygens (including phenoxy) is 3. The summed E-state index contributed by atoms with van der Waals surface area (Å²) in [4.78, 5) is 14.5. The third kappa shape index (κ3) is 6.22. The Hall–Kier alpha value is -3.70. The van der Waals surface area contributed by atoms with Crippen molar-refractivity contribution < 1.29 is 32.5 Å². The van der Waals surface area contributed by atoms with E-state index in [0.717, 1.165) is 12.0 Å². The van der Waals surface area contributed by atoms with Crippen molar-refractivity contribution in [2.45, 2.75) is 29.9 Å². The van der Waals surface area contributed by atoms with Crippen LogP contribution >= 0.6 is 0 Å². The van der Waals surface area contributed by atoms with Gasteiger partial charge in [0.2, 0.25) is 16.3 Å². The molecule has 0 saturated heterocycles. The van der Waals surface area contributed by atoms with E-state index in [1.807, 2.05) is 12.1 Å². The lowest BCUT2D eigenvalue weighted by Gasteiger charge is -2.31. The van der Waals surface area contributed by atoms with Gasteiger partial charge in [-0.3, -0.25) is 4.79 Å². The first-order valence-electron chi connectivity index (χ1n) is 13.9. The number of carbonyl (C=O) groups is 1. The number of nitrogens with zero attached hydrogens (tertiary/aromatic N) is 2. The Balaban J connectivity index is 1.31. The molecule has 1 heterocycles. The van der Waals surface area contributed by atoms with Crippen molar-refractivity contribution in [2.24, 2.45) is 0 Å². The zero-order valence-corrected chi connectivity index (χ0v) is 24.8. The van der Waals surface area contributed by atoms with Gasteiger partial charge in [-0.2, -0.15) is 4.31 Å². The van der Waals surface area contributed by atoms with E-state index in [-0.39, 0.29) is 48.8 Å². The minimum atomic E-state index is -3.88. The number of amides is 1. The number of benzene rings is 3. The van der Waals surface area contributed by atoms with Gasteiger partial charge >= 0.3 is 0 Å². The summed E-state index contributed by atoms with van der Waals surface area (Å²) in [6, 6.07) is 20.9. The van der Waals surface area contributed by atoms with Crippen molar-refractivity contribution >= 4 is 15.9 Å². The standard InChI is InChI=1S/C32H36N2O7S/c1-33(2)32(36)30-20-24(22-8-13-29-25(18-22)19-23-6-4-5-7-28(23)29)21-31(41-30)40-17-15-34(14-16-35)42(37,38)27-11-9-26(39-3)10-12-27/h4-13,18,20,24,31,35H,14-17,19,21H2,1-3H3/t24-,31+/m0/s1. The van der Waals surface area contributed by atoms with E-state index in [2.05, 4.69) is 36.4 Å². The first kappa shape index (κ1) is 29.8. The van der Waals surface area contributed by atoms with E-state index >= 15 is 0 Å². The molecule has 3 aromatic rings. The molecular weight excluding hydrogens is 556 g/mol. The number of likely N-dealkylation sites (N-methyl/N-ethyl adjacent to an activating group) is 1. The third-order valence-electron chi connectivity index (χ3n) is 7.61. The van der Waals surface area contributed by atoms with E-state index in [9.17, 15) is 18.3 Å². The minimum Gasteiger partial charge on any atom is -0.497 e. The van der Waals surface area contributed by atoms with Crippen LogP contribution in [0.25, 0.3) is 11.1 Å². The maximum atomic E-state index is 13.3. The van der Waals surface area contributed by atoms with Gasteiger partial charge in [-0.15, -0.1) is 0 Å². The van der Waals surface area contributed by atoms with Crippen molar-refractivity contribution in [1.82, 2.24) is 9.21 Å². The first-order valence-corrected chi connectivity index (χ1v) is 15.3. The number of rotatable bonds is 11. The fraction of sp³-hybridized carbons (Fsp3) is 0.344. The van der Waals surface area contributed by atoms with Gasteiger partial charge < -0.3 is 24.2 Å². The molecule has 3 aromatic carbocycles. The summed E-state index contributed by atoms with van der Waals surface area (Å²) in [5.41, 5.74) is 6.09. The number of aliphatic hydroxyl groups is 1. The van der Waals surface area contributed by atoms with Crippen LogP contribution in [0.1, 0.15) is 29.0 Å². The lowest BCUT2D eigenvalue weighted by atomic mass is 9.90. The fourth-order valence-corrected chi connectivity index (χ4v) is 6.82. The molecule has 0 saturated carbocycles. The van der Waals surface area contributed by atoms with Gasteiger partial charge in [0.15, 0.2) is 5.76 Å². The lowest BCUT2D eigenvalue weighted by molar-refractivity contribution is -0.151. The van der Waals surface area contributed by atoms with E-state index in [1.54, 1.807) is 26.2 Å². The molecule has 1 amide bonds. The SMILES string of the molecule is COc1ccc(S(=O)(=O)N(CCO)CCO[C@H]2C[C@@H](c3ccc4c(c3)Cc3ccccc3-4)C=C(C(=O)N(C)C)O2)cc1. The van der Waals surface area contributed by atoms with Crippen LogP contribution in [0.5, 0.6) is 5.75 Å². The molecule has 0 unspecified atom stereocenters. The lowest BCUT2D eigenvalue weighted by Crippen LogP contribution is -2.38. The molecule has 0 radical (unpaired) electrons. The van der Waals surface area contributed by atoms with E-state index in [0.29, 0.717) is 12.2 Å². The van der Waals surface area contributed by atoms with E-state index < -0.39 is 16.3 Å². The second-order valence-corrected chi connectivity index (χ2v) is 12.5.